The molecule has 0 aromatic heterocycles. The minimum Gasteiger partial charge on any atom is -0.300 e. The Hall–Kier alpha value is -0.510. The second-order valence-corrected chi connectivity index (χ2v) is 5.53. The second-order valence-electron chi connectivity index (χ2n) is 4.92. The molecule has 1 aliphatic rings. The molecule has 3 nitrogen and oxygen atoms in total. The maximum atomic E-state index is 12.0. The van der Waals surface area contributed by atoms with Crippen LogP contribution in [0, 0.1) is 11.3 Å². The number of rotatable bonds is 5. The molecule has 0 unspecified atom stereocenters. The van der Waals surface area contributed by atoms with Crippen molar-refractivity contribution in [2.75, 3.05) is 6.26 Å². The maximum Gasteiger partial charge on any atom is 0.236 e. The van der Waals surface area contributed by atoms with E-state index < -0.39 is 5.41 Å². The van der Waals surface area contributed by atoms with E-state index in [1.165, 1.54) is 11.9 Å². The van der Waals surface area contributed by atoms with Gasteiger partial charge in [-0.05, 0) is 12.8 Å². The highest BCUT2D eigenvalue weighted by molar-refractivity contribution is 7.97. The van der Waals surface area contributed by atoms with Crippen LogP contribution in [-0.2, 0) is 9.59 Å². The lowest BCUT2D eigenvalue weighted by atomic mass is 9.78. The van der Waals surface area contributed by atoms with Crippen LogP contribution in [0.1, 0.15) is 46.0 Å². The summed E-state index contributed by atoms with van der Waals surface area (Å²) >= 11 is 1.32. The molecule has 0 aromatic carbocycles. The Morgan fingerprint density at radius 1 is 1.31 bits per heavy atom. The molecule has 1 N–H and O–H groups in total. The zero-order valence-corrected chi connectivity index (χ0v) is 11.2. The van der Waals surface area contributed by atoms with E-state index in [0.29, 0.717) is 6.42 Å². The third kappa shape index (κ3) is 3.00. The van der Waals surface area contributed by atoms with Gasteiger partial charge in [0.2, 0.25) is 5.91 Å². The molecule has 16 heavy (non-hydrogen) atoms. The summed E-state index contributed by atoms with van der Waals surface area (Å²) in [5, 5.41) is 0. The quantitative estimate of drug-likeness (QED) is 0.755. The molecule has 0 bridgehead atoms. The van der Waals surface area contributed by atoms with Gasteiger partial charge < -0.3 is 0 Å². The summed E-state index contributed by atoms with van der Waals surface area (Å²) in [6.45, 7) is 3.80. The van der Waals surface area contributed by atoms with E-state index in [9.17, 15) is 9.59 Å². The first kappa shape index (κ1) is 13.6. The highest BCUT2D eigenvalue weighted by Gasteiger charge is 2.42. The molecule has 1 rings (SSSR count). The molecular weight excluding hydrogens is 222 g/mol. The SMILES string of the molecule is CSNC(=O)C1(CC(=O)C(C)C)CCCC1. The van der Waals surface area contributed by atoms with Gasteiger partial charge in [0.15, 0.2) is 0 Å². The summed E-state index contributed by atoms with van der Waals surface area (Å²) in [5.41, 5.74) is -0.412. The Morgan fingerprint density at radius 2 is 1.88 bits per heavy atom. The first-order chi connectivity index (χ1) is 7.52. The van der Waals surface area contributed by atoms with Crippen LogP contribution in [-0.4, -0.2) is 17.9 Å². The normalized spacial score (nSPS) is 18.8. The van der Waals surface area contributed by atoms with E-state index in [1.807, 2.05) is 20.1 Å². The molecule has 4 heteroatoms. The third-order valence-corrected chi connectivity index (χ3v) is 3.78. The lowest BCUT2D eigenvalue weighted by Crippen LogP contribution is -2.38. The van der Waals surface area contributed by atoms with Gasteiger partial charge in [-0.2, -0.15) is 0 Å². The Bertz CT molecular complexity index is 270. The Kier molecular flexibility index (Phi) is 4.84. The number of hydrogen-bond donors (Lipinski definition) is 1. The summed E-state index contributed by atoms with van der Waals surface area (Å²) < 4.78 is 2.80. The van der Waals surface area contributed by atoms with Crippen molar-refractivity contribution in [1.82, 2.24) is 4.72 Å². The molecule has 0 saturated heterocycles. The van der Waals surface area contributed by atoms with Crippen molar-refractivity contribution in [3.05, 3.63) is 0 Å². The highest BCUT2D eigenvalue weighted by Crippen LogP contribution is 2.42. The van der Waals surface area contributed by atoms with E-state index in [1.54, 1.807) is 0 Å². The van der Waals surface area contributed by atoms with E-state index in [-0.39, 0.29) is 17.6 Å². The lowest BCUT2D eigenvalue weighted by Gasteiger charge is -2.27. The van der Waals surface area contributed by atoms with Crippen molar-refractivity contribution in [3.63, 3.8) is 0 Å². The Balaban J connectivity index is 2.73. The average molecular weight is 243 g/mol. The van der Waals surface area contributed by atoms with Gasteiger partial charge >= 0.3 is 0 Å². The van der Waals surface area contributed by atoms with Crippen molar-refractivity contribution in [2.45, 2.75) is 46.0 Å². The number of nitrogens with one attached hydrogen (secondary N) is 1. The fourth-order valence-corrected chi connectivity index (χ4v) is 2.68. The fourth-order valence-electron chi connectivity index (χ4n) is 2.27. The highest BCUT2D eigenvalue weighted by atomic mass is 32.2. The van der Waals surface area contributed by atoms with Crippen LogP contribution >= 0.6 is 11.9 Å². The number of amides is 1. The van der Waals surface area contributed by atoms with Crippen LogP contribution in [0.15, 0.2) is 0 Å². The van der Waals surface area contributed by atoms with Crippen molar-refractivity contribution in [3.8, 4) is 0 Å². The Labute approximate surface area is 102 Å². The average Bonchev–Trinajstić information content (AvgIpc) is 2.68. The smallest absolute Gasteiger partial charge is 0.236 e. The summed E-state index contributed by atoms with van der Waals surface area (Å²) in [4.78, 5) is 23.9. The standard InChI is InChI=1S/C12H21NO2S/c1-9(2)10(14)8-12(6-4-5-7-12)11(15)13-16-3/h9H,4-8H2,1-3H3,(H,13,15). The molecule has 1 amide bonds. The molecule has 0 radical (unpaired) electrons. The zero-order valence-electron chi connectivity index (χ0n) is 10.3. The largest absolute Gasteiger partial charge is 0.300 e. The van der Waals surface area contributed by atoms with Crippen LogP contribution in [0.25, 0.3) is 0 Å². The predicted octanol–water partition coefficient (Wildman–Crippen LogP) is 2.56. The lowest BCUT2D eigenvalue weighted by molar-refractivity contribution is -0.135. The fraction of sp³-hybridized carbons (Fsp3) is 0.833. The van der Waals surface area contributed by atoms with Crippen molar-refractivity contribution >= 4 is 23.6 Å². The van der Waals surface area contributed by atoms with Gasteiger partial charge in [0.05, 0.1) is 5.41 Å². The molecule has 0 spiro atoms. The molecule has 1 fully saturated rings. The topological polar surface area (TPSA) is 46.2 Å². The van der Waals surface area contributed by atoms with E-state index >= 15 is 0 Å². The number of Topliss-reactive ketones (excluding diaryl/α,β-unsaturated/α-hetero) is 1. The van der Waals surface area contributed by atoms with Gasteiger partial charge in [0.25, 0.3) is 0 Å². The van der Waals surface area contributed by atoms with Gasteiger partial charge in [-0.3, -0.25) is 14.3 Å². The molecule has 1 aliphatic carbocycles. The van der Waals surface area contributed by atoms with Crippen molar-refractivity contribution in [2.24, 2.45) is 11.3 Å². The minimum absolute atomic E-state index is 0.0274. The van der Waals surface area contributed by atoms with Gasteiger partial charge in [-0.15, -0.1) is 0 Å². The molecule has 92 valence electrons. The van der Waals surface area contributed by atoms with E-state index in [0.717, 1.165) is 25.7 Å². The van der Waals surface area contributed by atoms with Crippen molar-refractivity contribution < 1.29 is 9.59 Å². The van der Waals surface area contributed by atoms with E-state index in [2.05, 4.69) is 4.72 Å². The van der Waals surface area contributed by atoms with Gasteiger partial charge in [-0.1, -0.05) is 38.6 Å². The predicted molar refractivity (Wildman–Crippen MR) is 67.0 cm³/mol. The Morgan fingerprint density at radius 3 is 2.31 bits per heavy atom. The number of hydrogen-bond acceptors (Lipinski definition) is 3. The summed E-state index contributed by atoms with van der Waals surface area (Å²) in [7, 11) is 0. The van der Waals surface area contributed by atoms with Gasteiger partial charge in [0.1, 0.15) is 5.78 Å². The van der Waals surface area contributed by atoms with Gasteiger partial charge in [0, 0.05) is 18.6 Å². The van der Waals surface area contributed by atoms with Crippen LogP contribution in [0.5, 0.6) is 0 Å². The van der Waals surface area contributed by atoms with Crippen molar-refractivity contribution in [1.29, 1.82) is 0 Å². The number of carbonyl (C=O) groups is 2. The summed E-state index contributed by atoms with van der Waals surface area (Å²) in [6.07, 6.45) is 6.10. The van der Waals surface area contributed by atoms with Crippen LogP contribution < -0.4 is 4.72 Å². The molecular formula is C12H21NO2S. The molecule has 1 saturated carbocycles. The van der Waals surface area contributed by atoms with Crippen LogP contribution in [0.4, 0.5) is 0 Å². The summed E-state index contributed by atoms with van der Waals surface area (Å²) in [5.74, 6) is 0.282. The van der Waals surface area contributed by atoms with Crippen LogP contribution in [0.2, 0.25) is 0 Å². The molecule has 0 heterocycles. The zero-order chi connectivity index (χ0) is 12.2. The summed E-state index contributed by atoms with van der Waals surface area (Å²) in [6, 6.07) is 0. The molecule has 0 aromatic rings. The van der Waals surface area contributed by atoms with E-state index in [4.69, 9.17) is 0 Å². The monoisotopic (exact) mass is 243 g/mol. The number of ketones is 1. The maximum absolute atomic E-state index is 12.0. The number of carbonyl (C=O) groups excluding carboxylic acids is 2. The third-order valence-electron chi connectivity index (χ3n) is 3.39. The van der Waals surface area contributed by atoms with Crippen LogP contribution in [0.3, 0.4) is 0 Å². The van der Waals surface area contributed by atoms with Gasteiger partial charge in [-0.25, -0.2) is 0 Å². The minimum atomic E-state index is -0.412. The first-order valence-electron chi connectivity index (χ1n) is 5.88. The first-order valence-corrected chi connectivity index (χ1v) is 7.10. The molecule has 0 atom stereocenters. The second kappa shape index (κ2) is 5.71. The molecule has 0 aliphatic heterocycles.